The molecule has 1 heterocycles. The Kier molecular flexibility index (Phi) is 5.15. The maximum absolute atomic E-state index is 12.7. The Bertz CT molecular complexity index is 402. The van der Waals surface area contributed by atoms with Crippen LogP contribution in [0.25, 0.3) is 0 Å². The fraction of sp³-hybridized carbons (Fsp3) is 0.500. The highest BCUT2D eigenvalue weighted by molar-refractivity contribution is 5.89. The minimum absolute atomic E-state index is 0.236. The van der Waals surface area contributed by atoms with Crippen molar-refractivity contribution in [2.24, 2.45) is 5.92 Å². The zero-order valence-electron chi connectivity index (χ0n) is 10.9. The van der Waals surface area contributed by atoms with Crippen LogP contribution in [0.5, 0.6) is 0 Å². The maximum Gasteiger partial charge on any atom is 0.319 e. The first-order chi connectivity index (χ1) is 9.24. The molecule has 0 atom stereocenters. The number of benzene rings is 1. The van der Waals surface area contributed by atoms with E-state index in [-0.39, 0.29) is 11.8 Å². The van der Waals surface area contributed by atoms with E-state index >= 15 is 0 Å². The fourth-order valence-corrected chi connectivity index (χ4v) is 2.27. The second-order valence-electron chi connectivity index (χ2n) is 4.87. The normalized spacial score (nSPS) is 16.1. The summed E-state index contributed by atoms with van der Waals surface area (Å²) in [6, 6.07) is 5.50. The number of anilines is 1. The van der Waals surface area contributed by atoms with Crippen molar-refractivity contribution in [2.75, 3.05) is 25.0 Å². The molecule has 5 heteroatoms. The van der Waals surface area contributed by atoms with E-state index < -0.39 is 0 Å². The van der Waals surface area contributed by atoms with E-state index in [0.717, 1.165) is 19.5 Å². The number of rotatable bonds is 4. The number of carbonyl (C=O) groups excluding carboxylic acids is 1. The molecule has 104 valence electrons. The molecule has 2 rings (SSSR count). The van der Waals surface area contributed by atoms with Gasteiger partial charge in [0.25, 0.3) is 0 Å². The Hall–Kier alpha value is -1.62. The van der Waals surface area contributed by atoms with Crippen LogP contribution in [0.4, 0.5) is 14.9 Å². The highest BCUT2D eigenvalue weighted by Crippen LogP contribution is 2.14. The molecule has 0 unspecified atom stereocenters. The predicted molar refractivity (Wildman–Crippen MR) is 73.6 cm³/mol. The molecule has 1 aromatic rings. The van der Waals surface area contributed by atoms with Crippen LogP contribution in [0.1, 0.15) is 19.3 Å². The summed E-state index contributed by atoms with van der Waals surface area (Å²) >= 11 is 0. The predicted octanol–water partition coefficient (Wildman–Crippen LogP) is 2.34. The first kappa shape index (κ1) is 13.8. The van der Waals surface area contributed by atoms with Crippen LogP contribution in [-0.4, -0.2) is 25.7 Å². The van der Waals surface area contributed by atoms with E-state index in [2.05, 4.69) is 16.0 Å². The molecule has 3 N–H and O–H groups in total. The maximum atomic E-state index is 12.7. The number of hydrogen-bond acceptors (Lipinski definition) is 2. The molecule has 1 aromatic carbocycles. The van der Waals surface area contributed by atoms with Crippen molar-refractivity contribution in [3.8, 4) is 0 Å². The Morgan fingerprint density at radius 2 is 1.95 bits per heavy atom. The van der Waals surface area contributed by atoms with Crippen molar-refractivity contribution in [1.29, 1.82) is 0 Å². The summed E-state index contributed by atoms with van der Waals surface area (Å²) in [5.74, 6) is 0.393. The molecule has 0 saturated carbocycles. The Labute approximate surface area is 112 Å². The summed E-state index contributed by atoms with van der Waals surface area (Å²) in [7, 11) is 0. The SMILES string of the molecule is O=C(NCCC1CCNCC1)Nc1ccc(F)cc1. The quantitative estimate of drug-likeness (QED) is 0.782. The van der Waals surface area contributed by atoms with E-state index in [4.69, 9.17) is 0 Å². The molecule has 0 aliphatic carbocycles. The van der Waals surface area contributed by atoms with Gasteiger partial charge in [-0.2, -0.15) is 0 Å². The van der Waals surface area contributed by atoms with Gasteiger partial charge < -0.3 is 16.0 Å². The van der Waals surface area contributed by atoms with Gasteiger partial charge in [0.15, 0.2) is 0 Å². The van der Waals surface area contributed by atoms with Gasteiger partial charge in [0.05, 0.1) is 0 Å². The number of nitrogens with one attached hydrogen (secondary N) is 3. The van der Waals surface area contributed by atoms with Gasteiger partial charge in [-0.15, -0.1) is 0 Å². The standard InChI is InChI=1S/C14H20FN3O/c15-12-1-3-13(4-2-12)18-14(19)17-10-7-11-5-8-16-9-6-11/h1-4,11,16H,5-10H2,(H2,17,18,19). The first-order valence-electron chi connectivity index (χ1n) is 6.75. The smallest absolute Gasteiger partial charge is 0.319 e. The van der Waals surface area contributed by atoms with Crippen LogP contribution < -0.4 is 16.0 Å². The third-order valence-corrected chi connectivity index (χ3v) is 3.40. The molecule has 0 bridgehead atoms. The summed E-state index contributed by atoms with van der Waals surface area (Å²) in [4.78, 5) is 11.6. The molecule has 0 radical (unpaired) electrons. The molecule has 4 nitrogen and oxygen atoms in total. The van der Waals surface area contributed by atoms with Crippen molar-refractivity contribution in [1.82, 2.24) is 10.6 Å². The van der Waals surface area contributed by atoms with Crippen molar-refractivity contribution in [3.05, 3.63) is 30.1 Å². The van der Waals surface area contributed by atoms with Crippen molar-refractivity contribution < 1.29 is 9.18 Å². The molecule has 1 aliphatic heterocycles. The van der Waals surface area contributed by atoms with Gasteiger partial charge in [-0.05, 0) is 62.5 Å². The summed E-state index contributed by atoms with van der Waals surface area (Å²) in [5, 5.41) is 8.83. The van der Waals surface area contributed by atoms with Gasteiger partial charge in [-0.1, -0.05) is 0 Å². The third-order valence-electron chi connectivity index (χ3n) is 3.40. The second kappa shape index (κ2) is 7.09. The highest BCUT2D eigenvalue weighted by atomic mass is 19.1. The molecule has 2 amide bonds. The molecule has 0 aromatic heterocycles. The number of halogens is 1. The number of hydrogen-bond donors (Lipinski definition) is 3. The summed E-state index contributed by atoms with van der Waals surface area (Å²) in [5.41, 5.74) is 0.598. The topological polar surface area (TPSA) is 53.2 Å². The lowest BCUT2D eigenvalue weighted by Crippen LogP contribution is -2.33. The van der Waals surface area contributed by atoms with Crippen molar-refractivity contribution in [3.63, 3.8) is 0 Å². The van der Waals surface area contributed by atoms with Crippen LogP contribution in [-0.2, 0) is 0 Å². The van der Waals surface area contributed by atoms with Gasteiger partial charge in [0.2, 0.25) is 0 Å². The summed E-state index contributed by atoms with van der Waals surface area (Å²) in [6.45, 7) is 2.83. The molecule has 1 saturated heterocycles. The summed E-state index contributed by atoms with van der Waals surface area (Å²) in [6.07, 6.45) is 3.38. The largest absolute Gasteiger partial charge is 0.338 e. The van der Waals surface area contributed by atoms with Gasteiger partial charge in [0, 0.05) is 12.2 Å². The monoisotopic (exact) mass is 265 g/mol. The molecular formula is C14H20FN3O. The zero-order chi connectivity index (χ0) is 13.5. The fourth-order valence-electron chi connectivity index (χ4n) is 2.27. The molecule has 1 aliphatic rings. The van der Waals surface area contributed by atoms with Crippen LogP contribution in [0.3, 0.4) is 0 Å². The molecule has 1 fully saturated rings. The first-order valence-corrected chi connectivity index (χ1v) is 6.75. The Morgan fingerprint density at radius 1 is 1.26 bits per heavy atom. The number of carbonyl (C=O) groups is 1. The molecule has 19 heavy (non-hydrogen) atoms. The van der Waals surface area contributed by atoms with Crippen LogP contribution in [0, 0.1) is 11.7 Å². The van der Waals surface area contributed by atoms with E-state index in [1.165, 1.54) is 25.0 Å². The lowest BCUT2D eigenvalue weighted by Gasteiger charge is -2.22. The van der Waals surface area contributed by atoms with Gasteiger partial charge in [-0.25, -0.2) is 9.18 Å². The van der Waals surface area contributed by atoms with Gasteiger partial charge >= 0.3 is 6.03 Å². The lowest BCUT2D eigenvalue weighted by atomic mass is 9.95. The lowest BCUT2D eigenvalue weighted by molar-refractivity contribution is 0.250. The second-order valence-corrected chi connectivity index (χ2v) is 4.87. The molecule has 0 spiro atoms. The number of amides is 2. The van der Waals surface area contributed by atoms with E-state index in [1.54, 1.807) is 12.1 Å². The van der Waals surface area contributed by atoms with Crippen molar-refractivity contribution in [2.45, 2.75) is 19.3 Å². The Morgan fingerprint density at radius 3 is 2.63 bits per heavy atom. The van der Waals surface area contributed by atoms with Crippen molar-refractivity contribution >= 4 is 11.7 Å². The van der Waals surface area contributed by atoms with E-state index in [1.807, 2.05) is 0 Å². The number of piperidine rings is 1. The van der Waals surface area contributed by atoms with Crippen LogP contribution in [0.15, 0.2) is 24.3 Å². The minimum atomic E-state index is -0.308. The summed E-state index contributed by atoms with van der Waals surface area (Å²) < 4.78 is 12.7. The zero-order valence-corrected chi connectivity index (χ0v) is 10.9. The average molecular weight is 265 g/mol. The third kappa shape index (κ3) is 4.87. The molecular weight excluding hydrogens is 245 g/mol. The van der Waals surface area contributed by atoms with Gasteiger partial charge in [0.1, 0.15) is 5.82 Å². The van der Waals surface area contributed by atoms with E-state index in [0.29, 0.717) is 18.2 Å². The van der Waals surface area contributed by atoms with Gasteiger partial charge in [-0.3, -0.25) is 0 Å². The minimum Gasteiger partial charge on any atom is -0.338 e. The average Bonchev–Trinajstić information content (AvgIpc) is 2.43. The van der Waals surface area contributed by atoms with Crippen LogP contribution >= 0.6 is 0 Å². The Balaban J connectivity index is 1.65. The highest BCUT2D eigenvalue weighted by Gasteiger charge is 2.12. The van der Waals surface area contributed by atoms with E-state index in [9.17, 15) is 9.18 Å². The van der Waals surface area contributed by atoms with Crippen LogP contribution in [0.2, 0.25) is 0 Å². The number of urea groups is 1.